The van der Waals surface area contributed by atoms with Gasteiger partial charge in [0, 0.05) is 11.9 Å². The lowest BCUT2D eigenvalue weighted by Crippen LogP contribution is -2.17. The second-order valence-corrected chi connectivity index (χ2v) is 5.93. The van der Waals surface area contributed by atoms with E-state index in [1.807, 2.05) is 31.2 Å². The molecule has 0 radical (unpaired) electrons. The number of hydrogen-bond acceptors (Lipinski definition) is 6. The number of hydrogen-bond donors (Lipinski definition) is 2. The summed E-state index contributed by atoms with van der Waals surface area (Å²) in [6.45, 7) is 3.94. The predicted octanol–water partition coefficient (Wildman–Crippen LogP) is 3.96. The Balaban J connectivity index is 1.79. The van der Waals surface area contributed by atoms with Crippen molar-refractivity contribution in [3.8, 4) is 0 Å². The molecule has 7 heteroatoms. The minimum Gasteiger partial charge on any atom is -0.462 e. The zero-order chi connectivity index (χ0) is 19.9. The first kappa shape index (κ1) is 19.0. The quantitative estimate of drug-likeness (QED) is 0.633. The van der Waals surface area contributed by atoms with Crippen LogP contribution >= 0.6 is 0 Å². The van der Waals surface area contributed by atoms with Gasteiger partial charge in [0.2, 0.25) is 5.95 Å². The van der Waals surface area contributed by atoms with Crippen LogP contribution in [0, 0.1) is 6.92 Å². The Bertz CT molecular complexity index is 1000. The molecule has 28 heavy (non-hydrogen) atoms. The van der Waals surface area contributed by atoms with Crippen molar-refractivity contribution in [2.75, 3.05) is 17.2 Å². The molecule has 0 aliphatic rings. The maximum absolute atomic E-state index is 12.6. The smallest absolute Gasteiger partial charge is 0.340 e. The Kier molecular flexibility index (Phi) is 5.96. The van der Waals surface area contributed by atoms with Crippen molar-refractivity contribution in [1.29, 1.82) is 0 Å². The van der Waals surface area contributed by atoms with Gasteiger partial charge in [-0.15, -0.1) is 0 Å². The summed E-state index contributed by atoms with van der Waals surface area (Å²) in [7, 11) is 0. The molecule has 142 valence electrons. The van der Waals surface area contributed by atoms with Crippen molar-refractivity contribution in [3.63, 3.8) is 0 Å². The molecule has 0 saturated carbocycles. The lowest BCUT2D eigenvalue weighted by Gasteiger charge is -2.11. The third-order valence-electron chi connectivity index (χ3n) is 3.95. The second kappa shape index (κ2) is 8.77. The third-order valence-corrected chi connectivity index (χ3v) is 3.95. The molecule has 0 spiro atoms. The van der Waals surface area contributed by atoms with E-state index in [1.54, 1.807) is 31.2 Å². The number of benzene rings is 2. The van der Waals surface area contributed by atoms with Crippen LogP contribution in [-0.4, -0.2) is 28.5 Å². The number of rotatable bonds is 6. The molecule has 0 saturated heterocycles. The molecule has 7 nitrogen and oxygen atoms in total. The summed E-state index contributed by atoms with van der Waals surface area (Å²) in [5.41, 5.74) is 2.70. The van der Waals surface area contributed by atoms with Crippen LogP contribution in [-0.2, 0) is 4.74 Å². The number of amides is 1. The zero-order valence-electron chi connectivity index (χ0n) is 15.6. The highest BCUT2D eigenvalue weighted by Crippen LogP contribution is 2.19. The highest BCUT2D eigenvalue weighted by atomic mass is 16.5. The van der Waals surface area contributed by atoms with E-state index >= 15 is 0 Å². The lowest BCUT2D eigenvalue weighted by atomic mass is 10.1. The Morgan fingerprint density at radius 1 is 1.00 bits per heavy atom. The topological polar surface area (TPSA) is 93.2 Å². The van der Waals surface area contributed by atoms with E-state index in [9.17, 15) is 9.59 Å². The molecular weight excluding hydrogens is 356 g/mol. The predicted molar refractivity (Wildman–Crippen MR) is 107 cm³/mol. The molecule has 0 atom stereocenters. The molecule has 1 heterocycles. The second-order valence-electron chi connectivity index (χ2n) is 5.93. The van der Waals surface area contributed by atoms with Gasteiger partial charge in [0.05, 0.1) is 17.9 Å². The van der Waals surface area contributed by atoms with Crippen molar-refractivity contribution in [3.05, 3.63) is 77.6 Å². The van der Waals surface area contributed by atoms with Crippen LogP contribution < -0.4 is 10.6 Å². The average molecular weight is 376 g/mol. The number of para-hydroxylation sites is 2. The number of carbonyl (C=O) groups excluding carboxylic acids is 2. The molecule has 0 fully saturated rings. The third kappa shape index (κ3) is 4.50. The van der Waals surface area contributed by atoms with E-state index in [2.05, 4.69) is 20.6 Å². The summed E-state index contributed by atoms with van der Waals surface area (Å²) in [5, 5.41) is 5.81. The molecular formula is C21H20N4O3. The van der Waals surface area contributed by atoms with Gasteiger partial charge >= 0.3 is 5.97 Å². The van der Waals surface area contributed by atoms with Gasteiger partial charge in [-0.2, -0.15) is 0 Å². The van der Waals surface area contributed by atoms with Crippen LogP contribution in [0.3, 0.4) is 0 Å². The molecule has 2 N–H and O–H groups in total. The normalized spacial score (nSPS) is 10.2. The first-order valence-corrected chi connectivity index (χ1v) is 8.81. The van der Waals surface area contributed by atoms with Gasteiger partial charge < -0.3 is 15.4 Å². The van der Waals surface area contributed by atoms with Crippen LogP contribution in [0.25, 0.3) is 0 Å². The fraction of sp³-hybridized carbons (Fsp3) is 0.143. The number of aryl methyl sites for hydroxylation is 1. The summed E-state index contributed by atoms with van der Waals surface area (Å²) in [5.74, 6) is -0.643. The Hall–Kier alpha value is -3.74. The zero-order valence-corrected chi connectivity index (χ0v) is 15.6. The molecule has 1 aromatic heterocycles. The van der Waals surface area contributed by atoms with Crippen LogP contribution in [0.15, 0.2) is 60.8 Å². The largest absolute Gasteiger partial charge is 0.462 e. The molecule has 3 aromatic rings. The lowest BCUT2D eigenvalue weighted by molar-refractivity contribution is 0.0527. The number of nitrogens with zero attached hydrogens (tertiary/aromatic N) is 2. The van der Waals surface area contributed by atoms with Gasteiger partial charge in [-0.1, -0.05) is 30.3 Å². The number of esters is 1. The van der Waals surface area contributed by atoms with Gasteiger partial charge in [0.15, 0.2) is 0 Å². The average Bonchev–Trinajstić information content (AvgIpc) is 2.70. The minimum absolute atomic E-state index is 0.171. The van der Waals surface area contributed by atoms with Gasteiger partial charge in [0.1, 0.15) is 5.69 Å². The Morgan fingerprint density at radius 2 is 1.71 bits per heavy atom. The van der Waals surface area contributed by atoms with Crippen molar-refractivity contribution >= 4 is 29.2 Å². The molecule has 0 bridgehead atoms. The number of nitrogens with one attached hydrogen (secondary N) is 2. The summed E-state index contributed by atoms with van der Waals surface area (Å²) >= 11 is 0. The number of aromatic nitrogens is 2. The van der Waals surface area contributed by atoms with Crippen LogP contribution in [0.5, 0.6) is 0 Å². The molecule has 0 aliphatic carbocycles. The highest BCUT2D eigenvalue weighted by molar-refractivity contribution is 6.07. The summed E-state index contributed by atoms with van der Waals surface area (Å²) in [6, 6.07) is 15.9. The number of ether oxygens (including phenoxy) is 1. The Labute approximate surface area is 162 Å². The first-order valence-electron chi connectivity index (χ1n) is 8.81. The first-order chi connectivity index (χ1) is 13.6. The molecule has 2 aromatic carbocycles. The summed E-state index contributed by atoms with van der Waals surface area (Å²) < 4.78 is 5.03. The molecule has 0 unspecified atom stereocenters. The highest BCUT2D eigenvalue weighted by Gasteiger charge is 2.16. The van der Waals surface area contributed by atoms with Gasteiger partial charge in [0.25, 0.3) is 5.91 Å². The van der Waals surface area contributed by atoms with Crippen molar-refractivity contribution in [2.24, 2.45) is 0 Å². The molecule has 1 amide bonds. The fourth-order valence-electron chi connectivity index (χ4n) is 2.54. The van der Waals surface area contributed by atoms with E-state index in [4.69, 9.17) is 4.74 Å². The van der Waals surface area contributed by atoms with E-state index in [1.165, 1.54) is 12.3 Å². The van der Waals surface area contributed by atoms with Crippen LogP contribution in [0.2, 0.25) is 0 Å². The van der Waals surface area contributed by atoms with Crippen molar-refractivity contribution < 1.29 is 14.3 Å². The standard InChI is InChI=1S/C21H20N4O3/c1-3-28-20(27)15-9-5-7-11-17(15)23-19(26)18-12-13-22-21(25-18)24-16-10-6-4-8-14(16)2/h4-13H,3H2,1-2H3,(H,23,26)(H,22,24,25). The van der Waals surface area contributed by atoms with Gasteiger partial charge in [-0.25, -0.2) is 14.8 Å². The molecule has 3 rings (SSSR count). The maximum Gasteiger partial charge on any atom is 0.340 e. The number of anilines is 3. The van der Waals surface area contributed by atoms with E-state index in [0.29, 0.717) is 11.6 Å². The van der Waals surface area contributed by atoms with E-state index in [-0.39, 0.29) is 17.9 Å². The van der Waals surface area contributed by atoms with Gasteiger partial charge in [-0.3, -0.25) is 4.79 Å². The van der Waals surface area contributed by atoms with E-state index in [0.717, 1.165) is 11.3 Å². The van der Waals surface area contributed by atoms with Crippen molar-refractivity contribution in [2.45, 2.75) is 13.8 Å². The summed E-state index contributed by atoms with van der Waals surface area (Å²) in [4.78, 5) is 33.1. The maximum atomic E-state index is 12.6. The monoisotopic (exact) mass is 376 g/mol. The fourth-order valence-corrected chi connectivity index (χ4v) is 2.54. The number of carbonyl (C=O) groups is 2. The van der Waals surface area contributed by atoms with Crippen LogP contribution in [0.1, 0.15) is 33.3 Å². The van der Waals surface area contributed by atoms with Crippen LogP contribution in [0.4, 0.5) is 17.3 Å². The van der Waals surface area contributed by atoms with Crippen molar-refractivity contribution in [1.82, 2.24) is 9.97 Å². The van der Waals surface area contributed by atoms with Gasteiger partial charge in [-0.05, 0) is 43.7 Å². The summed E-state index contributed by atoms with van der Waals surface area (Å²) in [6.07, 6.45) is 1.50. The molecule has 0 aliphatic heterocycles. The van der Waals surface area contributed by atoms with E-state index < -0.39 is 11.9 Å². The Morgan fingerprint density at radius 3 is 2.46 bits per heavy atom. The SMILES string of the molecule is CCOC(=O)c1ccccc1NC(=O)c1ccnc(Nc2ccccc2C)n1. The minimum atomic E-state index is -0.497.